The standard InChI is InChI=1S/C11H11ClFNO2S/c12-8-3-6(13)1-2-7(8)9-4-17-5-10(14-9)11(15)16/h1-3,9-10,14H,4-5H2,(H,15,16). The minimum Gasteiger partial charge on any atom is -0.480 e. The monoisotopic (exact) mass is 275 g/mol. The van der Waals surface area contributed by atoms with Crippen LogP contribution in [0.3, 0.4) is 0 Å². The zero-order chi connectivity index (χ0) is 12.4. The van der Waals surface area contributed by atoms with E-state index in [9.17, 15) is 9.18 Å². The Balaban J connectivity index is 2.19. The minimum atomic E-state index is -0.875. The molecule has 1 fully saturated rings. The van der Waals surface area contributed by atoms with Crippen molar-refractivity contribution >= 4 is 29.3 Å². The summed E-state index contributed by atoms with van der Waals surface area (Å²) in [6.45, 7) is 0. The molecule has 2 unspecified atom stereocenters. The second-order valence-corrected chi connectivity index (χ2v) is 5.30. The summed E-state index contributed by atoms with van der Waals surface area (Å²) in [5, 5.41) is 12.3. The van der Waals surface area contributed by atoms with E-state index in [1.54, 1.807) is 17.8 Å². The van der Waals surface area contributed by atoms with Crippen LogP contribution in [-0.2, 0) is 4.79 Å². The average molecular weight is 276 g/mol. The van der Waals surface area contributed by atoms with E-state index in [-0.39, 0.29) is 6.04 Å². The van der Waals surface area contributed by atoms with Gasteiger partial charge in [-0.05, 0) is 17.7 Å². The maximum atomic E-state index is 12.9. The molecule has 0 radical (unpaired) electrons. The molecule has 1 saturated heterocycles. The van der Waals surface area contributed by atoms with E-state index >= 15 is 0 Å². The Bertz CT molecular complexity index is 443. The third-order valence-corrected chi connectivity index (χ3v) is 4.07. The highest BCUT2D eigenvalue weighted by atomic mass is 35.5. The summed E-state index contributed by atoms with van der Waals surface area (Å²) in [6.07, 6.45) is 0. The Labute approximate surface area is 107 Å². The summed E-state index contributed by atoms with van der Waals surface area (Å²) in [6, 6.07) is 3.44. The van der Waals surface area contributed by atoms with E-state index in [0.29, 0.717) is 10.8 Å². The van der Waals surface area contributed by atoms with Crippen molar-refractivity contribution in [2.75, 3.05) is 11.5 Å². The molecule has 1 aliphatic rings. The van der Waals surface area contributed by atoms with E-state index in [0.717, 1.165) is 11.3 Å². The van der Waals surface area contributed by atoms with Gasteiger partial charge in [0.15, 0.2) is 0 Å². The fourth-order valence-corrected chi connectivity index (χ4v) is 3.17. The molecule has 3 nitrogen and oxygen atoms in total. The highest BCUT2D eigenvalue weighted by Gasteiger charge is 2.28. The second-order valence-electron chi connectivity index (χ2n) is 3.81. The molecule has 1 aromatic rings. The smallest absolute Gasteiger partial charge is 0.321 e. The molecular weight excluding hydrogens is 265 g/mol. The van der Waals surface area contributed by atoms with Crippen LogP contribution in [0, 0.1) is 5.82 Å². The lowest BCUT2D eigenvalue weighted by molar-refractivity contribution is -0.139. The van der Waals surface area contributed by atoms with Crippen LogP contribution in [0.4, 0.5) is 4.39 Å². The summed E-state index contributed by atoms with van der Waals surface area (Å²) in [7, 11) is 0. The molecule has 1 aliphatic heterocycles. The molecule has 6 heteroatoms. The number of benzene rings is 1. The Morgan fingerprint density at radius 1 is 1.53 bits per heavy atom. The predicted molar refractivity (Wildman–Crippen MR) is 66.0 cm³/mol. The third-order valence-electron chi connectivity index (χ3n) is 2.61. The largest absolute Gasteiger partial charge is 0.480 e. The number of hydrogen-bond donors (Lipinski definition) is 2. The first-order valence-electron chi connectivity index (χ1n) is 5.09. The fraction of sp³-hybridized carbons (Fsp3) is 0.364. The number of rotatable bonds is 2. The molecular formula is C11H11ClFNO2S. The van der Waals surface area contributed by atoms with Crippen molar-refractivity contribution in [3.63, 3.8) is 0 Å². The molecule has 2 atom stereocenters. The molecule has 0 aromatic heterocycles. The summed E-state index contributed by atoms with van der Waals surface area (Å²) in [5.41, 5.74) is 0.742. The zero-order valence-corrected chi connectivity index (χ0v) is 10.4. The molecule has 2 rings (SSSR count). The second kappa shape index (κ2) is 5.25. The Morgan fingerprint density at radius 2 is 2.29 bits per heavy atom. The van der Waals surface area contributed by atoms with Crippen LogP contribution in [0.1, 0.15) is 11.6 Å². The van der Waals surface area contributed by atoms with Crippen molar-refractivity contribution in [2.45, 2.75) is 12.1 Å². The molecule has 0 aliphatic carbocycles. The number of nitrogens with one attached hydrogen (secondary N) is 1. The molecule has 1 aromatic carbocycles. The highest BCUT2D eigenvalue weighted by Crippen LogP contribution is 2.29. The Kier molecular flexibility index (Phi) is 3.91. The van der Waals surface area contributed by atoms with Crippen LogP contribution in [-0.4, -0.2) is 28.6 Å². The van der Waals surface area contributed by atoms with Crippen molar-refractivity contribution in [1.29, 1.82) is 0 Å². The molecule has 1 heterocycles. The van der Waals surface area contributed by atoms with Gasteiger partial charge in [0.2, 0.25) is 0 Å². The van der Waals surface area contributed by atoms with Crippen LogP contribution < -0.4 is 5.32 Å². The summed E-state index contributed by atoms with van der Waals surface area (Å²) in [5.74, 6) is -0.00260. The van der Waals surface area contributed by atoms with Crippen molar-refractivity contribution in [3.8, 4) is 0 Å². The van der Waals surface area contributed by atoms with E-state index in [1.807, 2.05) is 0 Å². The van der Waals surface area contributed by atoms with Crippen LogP contribution in [0.5, 0.6) is 0 Å². The molecule has 17 heavy (non-hydrogen) atoms. The van der Waals surface area contributed by atoms with Gasteiger partial charge < -0.3 is 5.11 Å². The van der Waals surface area contributed by atoms with Crippen LogP contribution in [0.2, 0.25) is 5.02 Å². The van der Waals surface area contributed by atoms with Crippen molar-refractivity contribution in [3.05, 3.63) is 34.6 Å². The molecule has 0 saturated carbocycles. The molecule has 0 bridgehead atoms. The van der Waals surface area contributed by atoms with Gasteiger partial charge in [0.1, 0.15) is 11.9 Å². The normalized spacial score (nSPS) is 24.6. The Hall–Kier alpha value is -0.780. The first-order valence-corrected chi connectivity index (χ1v) is 6.62. The number of carboxylic acid groups (broad SMARTS) is 1. The van der Waals surface area contributed by atoms with E-state index < -0.39 is 17.8 Å². The molecule has 2 N–H and O–H groups in total. The lowest BCUT2D eigenvalue weighted by Crippen LogP contribution is -2.45. The van der Waals surface area contributed by atoms with Gasteiger partial charge in [-0.2, -0.15) is 11.8 Å². The van der Waals surface area contributed by atoms with Gasteiger partial charge in [0.05, 0.1) is 0 Å². The number of thioether (sulfide) groups is 1. The molecule has 92 valence electrons. The summed E-state index contributed by atoms with van der Waals surface area (Å²) >= 11 is 7.50. The van der Waals surface area contributed by atoms with E-state index in [4.69, 9.17) is 16.7 Å². The average Bonchev–Trinajstić information content (AvgIpc) is 2.29. The minimum absolute atomic E-state index is 0.150. The van der Waals surface area contributed by atoms with Crippen molar-refractivity contribution in [2.24, 2.45) is 0 Å². The third kappa shape index (κ3) is 2.91. The van der Waals surface area contributed by atoms with E-state index in [2.05, 4.69) is 5.32 Å². The number of aliphatic carboxylic acids is 1. The lowest BCUT2D eigenvalue weighted by Gasteiger charge is -2.29. The Morgan fingerprint density at radius 3 is 2.94 bits per heavy atom. The number of halogens is 2. The topological polar surface area (TPSA) is 49.3 Å². The van der Waals surface area contributed by atoms with Gasteiger partial charge >= 0.3 is 5.97 Å². The quantitative estimate of drug-likeness (QED) is 0.870. The van der Waals surface area contributed by atoms with Crippen LogP contribution in [0.25, 0.3) is 0 Å². The summed E-state index contributed by atoms with van der Waals surface area (Å²) in [4.78, 5) is 10.9. The SMILES string of the molecule is O=C(O)C1CSCC(c2ccc(F)cc2Cl)N1. The maximum Gasteiger partial charge on any atom is 0.321 e. The summed E-state index contributed by atoms with van der Waals surface area (Å²) < 4.78 is 12.9. The van der Waals surface area contributed by atoms with Crippen molar-refractivity contribution in [1.82, 2.24) is 5.32 Å². The maximum absolute atomic E-state index is 12.9. The zero-order valence-electron chi connectivity index (χ0n) is 8.82. The van der Waals surface area contributed by atoms with Gasteiger partial charge in [-0.25, -0.2) is 4.39 Å². The van der Waals surface area contributed by atoms with Crippen molar-refractivity contribution < 1.29 is 14.3 Å². The fourth-order valence-electron chi connectivity index (χ4n) is 1.75. The van der Waals surface area contributed by atoms with Gasteiger partial charge in [0.25, 0.3) is 0 Å². The molecule has 0 spiro atoms. The lowest BCUT2D eigenvalue weighted by atomic mass is 10.1. The van der Waals surface area contributed by atoms with E-state index in [1.165, 1.54) is 12.1 Å². The number of hydrogen-bond acceptors (Lipinski definition) is 3. The van der Waals surface area contributed by atoms with Crippen LogP contribution >= 0.6 is 23.4 Å². The highest BCUT2D eigenvalue weighted by molar-refractivity contribution is 7.99. The van der Waals surface area contributed by atoms with Gasteiger partial charge in [0, 0.05) is 22.6 Å². The number of carboxylic acids is 1. The number of carbonyl (C=O) groups is 1. The first kappa shape index (κ1) is 12.7. The first-order chi connectivity index (χ1) is 8.08. The van der Waals surface area contributed by atoms with Gasteiger partial charge in [-0.3, -0.25) is 10.1 Å². The van der Waals surface area contributed by atoms with Gasteiger partial charge in [-0.1, -0.05) is 17.7 Å². The van der Waals surface area contributed by atoms with Crippen LogP contribution in [0.15, 0.2) is 18.2 Å². The molecule has 0 amide bonds. The predicted octanol–water partition coefficient (Wildman–Crippen LogP) is 2.31. The van der Waals surface area contributed by atoms with Gasteiger partial charge in [-0.15, -0.1) is 0 Å².